The van der Waals surface area contributed by atoms with Crippen LogP contribution in [0.5, 0.6) is 11.5 Å². The molecule has 78 valence electrons. The molecule has 0 saturated carbocycles. The van der Waals surface area contributed by atoms with Crippen LogP contribution in [0.15, 0.2) is 10.5 Å². The molecule has 1 aromatic rings. The van der Waals surface area contributed by atoms with E-state index in [0.717, 1.165) is 0 Å². The highest BCUT2D eigenvalue weighted by Crippen LogP contribution is 2.44. The minimum absolute atomic E-state index is 0.00655. The summed E-state index contributed by atoms with van der Waals surface area (Å²) in [6.45, 7) is -0.00655. The standard InChI is InChI=1S/C8H4BrNO5/c9-7-4(2-11)5(10(12)13)1-6-8(7)15-3-14-6/h1-2H,3H2. The summed E-state index contributed by atoms with van der Waals surface area (Å²) in [5.41, 5.74) is -0.356. The van der Waals surface area contributed by atoms with Crippen LogP contribution in [0.3, 0.4) is 0 Å². The van der Waals surface area contributed by atoms with Crippen molar-refractivity contribution < 1.29 is 19.2 Å². The molecule has 0 fully saturated rings. The lowest BCUT2D eigenvalue weighted by molar-refractivity contribution is -0.385. The Kier molecular flexibility index (Phi) is 2.31. The molecule has 6 nitrogen and oxygen atoms in total. The van der Waals surface area contributed by atoms with E-state index < -0.39 is 4.92 Å². The molecular weight excluding hydrogens is 270 g/mol. The minimum Gasteiger partial charge on any atom is -0.453 e. The van der Waals surface area contributed by atoms with Crippen molar-refractivity contribution in [3.63, 3.8) is 0 Å². The molecule has 0 aromatic heterocycles. The van der Waals surface area contributed by atoms with Gasteiger partial charge in [0.05, 0.1) is 15.5 Å². The van der Waals surface area contributed by atoms with Crippen molar-refractivity contribution in [2.75, 3.05) is 6.79 Å². The molecule has 0 aliphatic carbocycles. The summed E-state index contributed by atoms with van der Waals surface area (Å²) >= 11 is 3.07. The number of aldehydes is 1. The van der Waals surface area contributed by atoms with E-state index in [1.54, 1.807) is 0 Å². The quantitative estimate of drug-likeness (QED) is 0.467. The zero-order chi connectivity index (χ0) is 11.0. The molecule has 0 unspecified atom stereocenters. The molecule has 0 spiro atoms. The molecule has 15 heavy (non-hydrogen) atoms. The Hall–Kier alpha value is -1.63. The van der Waals surface area contributed by atoms with E-state index >= 15 is 0 Å². The first kappa shape index (κ1) is 9.91. The fourth-order valence-corrected chi connectivity index (χ4v) is 1.87. The van der Waals surface area contributed by atoms with Gasteiger partial charge in [-0.15, -0.1) is 0 Å². The molecule has 0 radical (unpaired) electrons. The van der Waals surface area contributed by atoms with Gasteiger partial charge in [-0.1, -0.05) is 0 Å². The van der Waals surface area contributed by atoms with E-state index in [0.29, 0.717) is 12.0 Å². The van der Waals surface area contributed by atoms with Gasteiger partial charge < -0.3 is 9.47 Å². The van der Waals surface area contributed by atoms with Crippen molar-refractivity contribution >= 4 is 27.9 Å². The van der Waals surface area contributed by atoms with Crippen molar-refractivity contribution in [2.45, 2.75) is 0 Å². The average molecular weight is 274 g/mol. The monoisotopic (exact) mass is 273 g/mol. The lowest BCUT2D eigenvalue weighted by atomic mass is 10.2. The molecular formula is C8H4BrNO5. The summed E-state index contributed by atoms with van der Waals surface area (Å²) in [7, 11) is 0. The van der Waals surface area contributed by atoms with Crippen molar-refractivity contribution in [3.8, 4) is 11.5 Å². The van der Waals surface area contributed by atoms with E-state index in [1.807, 2.05) is 0 Å². The van der Waals surface area contributed by atoms with Gasteiger partial charge in [0.2, 0.25) is 6.79 Å². The second kappa shape index (κ2) is 3.50. The number of hydrogen-bond acceptors (Lipinski definition) is 5. The number of carbonyl (C=O) groups is 1. The van der Waals surface area contributed by atoms with Gasteiger partial charge in [-0.2, -0.15) is 0 Å². The third-order valence-electron chi connectivity index (χ3n) is 1.94. The van der Waals surface area contributed by atoms with Crippen LogP contribution >= 0.6 is 15.9 Å². The van der Waals surface area contributed by atoms with Gasteiger partial charge in [-0.25, -0.2) is 0 Å². The van der Waals surface area contributed by atoms with Crippen molar-refractivity contribution in [2.24, 2.45) is 0 Å². The lowest BCUT2D eigenvalue weighted by Gasteiger charge is -2.02. The third-order valence-corrected chi connectivity index (χ3v) is 2.72. The fourth-order valence-electron chi connectivity index (χ4n) is 1.27. The molecule has 1 aliphatic heterocycles. The second-order valence-corrected chi connectivity index (χ2v) is 3.53. The van der Waals surface area contributed by atoms with Crippen LogP contribution < -0.4 is 9.47 Å². The molecule has 7 heteroatoms. The van der Waals surface area contributed by atoms with Gasteiger partial charge in [0.1, 0.15) is 5.56 Å². The molecule has 0 bridgehead atoms. The molecule has 1 aliphatic rings. The molecule has 0 N–H and O–H groups in total. The number of rotatable bonds is 2. The van der Waals surface area contributed by atoms with E-state index in [4.69, 9.17) is 9.47 Å². The summed E-state index contributed by atoms with van der Waals surface area (Å²) < 4.78 is 10.3. The normalized spacial score (nSPS) is 12.6. The third kappa shape index (κ3) is 1.44. The highest BCUT2D eigenvalue weighted by Gasteiger charge is 2.27. The smallest absolute Gasteiger partial charge is 0.285 e. The summed E-state index contributed by atoms with van der Waals surface area (Å²) in [5, 5.41) is 10.7. The molecule has 0 saturated heterocycles. The van der Waals surface area contributed by atoms with E-state index in [-0.39, 0.29) is 28.3 Å². The molecule has 0 amide bonds. The number of nitrogens with zero attached hydrogens (tertiary/aromatic N) is 1. The predicted molar refractivity (Wildman–Crippen MR) is 52.3 cm³/mol. The van der Waals surface area contributed by atoms with Gasteiger partial charge in [0, 0.05) is 0 Å². The second-order valence-electron chi connectivity index (χ2n) is 2.73. The number of hydrogen-bond donors (Lipinski definition) is 0. The van der Waals surface area contributed by atoms with Gasteiger partial charge >= 0.3 is 0 Å². The zero-order valence-electron chi connectivity index (χ0n) is 7.23. The van der Waals surface area contributed by atoms with Gasteiger partial charge in [0.15, 0.2) is 17.8 Å². The number of carbonyl (C=O) groups excluding carboxylic acids is 1. The van der Waals surface area contributed by atoms with Gasteiger partial charge in [0.25, 0.3) is 5.69 Å². The Morgan fingerprint density at radius 3 is 2.87 bits per heavy atom. The van der Waals surface area contributed by atoms with Crippen LogP contribution in [-0.4, -0.2) is 18.0 Å². The molecule has 0 atom stereocenters. The number of benzene rings is 1. The first-order valence-corrected chi connectivity index (χ1v) is 4.66. The SMILES string of the molecule is O=Cc1c([N+](=O)[O-])cc2c(c1Br)OCO2. The molecule has 1 aromatic carbocycles. The topological polar surface area (TPSA) is 78.7 Å². The van der Waals surface area contributed by atoms with E-state index in [2.05, 4.69) is 15.9 Å². The summed E-state index contributed by atoms with van der Waals surface area (Å²) in [6, 6.07) is 1.18. The van der Waals surface area contributed by atoms with Crippen LogP contribution in [0.1, 0.15) is 10.4 Å². The van der Waals surface area contributed by atoms with Crippen molar-refractivity contribution in [1.82, 2.24) is 0 Å². The Morgan fingerprint density at radius 1 is 1.53 bits per heavy atom. The number of nitro benzene ring substituents is 1. The first-order valence-electron chi connectivity index (χ1n) is 3.87. The highest BCUT2D eigenvalue weighted by molar-refractivity contribution is 9.10. The fraction of sp³-hybridized carbons (Fsp3) is 0.125. The summed E-state index contributed by atoms with van der Waals surface area (Å²) in [4.78, 5) is 20.7. The number of fused-ring (bicyclic) bond motifs is 1. The summed E-state index contributed by atoms with van der Waals surface area (Å²) in [5.74, 6) is 0.585. The molecule has 2 rings (SSSR count). The maximum absolute atomic E-state index is 10.7. The van der Waals surface area contributed by atoms with Crippen LogP contribution in [0, 0.1) is 10.1 Å². The van der Waals surface area contributed by atoms with Crippen LogP contribution in [0.4, 0.5) is 5.69 Å². The zero-order valence-corrected chi connectivity index (χ0v) is 8.81. The average Bonchev–Trinajstić information content (AvgIpc) is 2.65. The highest BCUT2D eigenvalue weighted by atomic mass is 79.9. The van der Waals surface area contributed by atoms with E-state index in [9.17, 15) is 14.9 Å². The maximum atomic E-state index is 10.7. The molecule has 1 heterocycles. The van der Waals surface area contributed by atoms with Crippen LogP contribution in [0.2, 0.25) is 0 Å². The number of halogens is 1. The summed E-state index contributed by atoms with van der Waals surface area (Å²) in [6.07, 6.45) is 0.407. The first-order chi connectivity index (χ1) is 7.15. The largest absolute Gasteiger partial charge is 0.453 e. The maximum Gasteiger partial charge on any atom is 0.285 e. The van der Waals surface area contributed by atoms with Crippen molar-refractivity contribution in [1.29, 1.82) is 0 Å². The Labute approximate surface area is 92.1 Å². The minimum atomic E-state index is -0.642. The van der Waals surface area contributed by atoms with Gasteiger partial charge in [-0.3, -0.25) is 14.9 Å². The van der Waals surface area contributed by atoms with E-state index in [1.165, 1.54) is 6.07 Å². The number of nitro groups is 1. The Bertz CT molecular complexity index is 459. The lowest BCUT2D eigenvalue weighted by Crippen LogP contribution is -1.96. The Balaban J connectivity index is 2.72. The van der Waals surface area contributed by atoms with Gasteiger partial charge in [-0.05, 0) is 15.9 Å². The van der Waals surface area contributed by atoms with Crippen molar-refractivity contribution in [3.05, 3.63) is 26.2 Å². The predicted octanol–water partition coefficient (Wildman–Crippen LogP) is 1.90. The number of ether oxygens (including phenoxy) is 2. The van der Waals surface area contributed by atoms with Crippen LogP contribution in [-0.2, 0) is 0 Å². The Morgan fingerprint density at radius 2 is 2.27 bits per heavy atom. The van der Waals surface area contributed by atoms with Crippen LogP contribution in [0.25, 0.3) is 0 Å².